The van der Waals surface area contributed by atoms with Crippen molar-refractivity contribution in [1.82, 2.24) is 10.2 Å². The van der Waals surface area contributed by atoms with E-state index in [4.69, 9.17) is 0 Å². The average molecular weight is 351 g/mol. The molecule has 0 saturated heterocycles. The average Bonchev–Trinajstić information content (AvgIpc) is 2.60. The monoisotopic (exact) mass is 351 g/mol. The van der Waals surface area contributed by atoms with E-state index in [-0.39, 0.29) is 17.5 Å². The summed E-state index contributed by atoms with van der Waals surface area (Å²) in [6.45, 7) is 7.03. The third-order valence-electron chi connectivity index (χ3n) is 4.32. The van der Waals surface area contributed by atoms with E-state index in [0.29, 0.717) is 24.3 Å². The molecule has 1 heterocycles. The Morgan fingerprint density at radius 3 is 2.35 bits per heavy atom. The van der Waals surface area contributed by atoms with Crippen LogP contribution in [0.25, 0.3) is 0 Å². The second-order valence-electron chi connectivity index (χ2n) is 7.62. The molecule has 5 heteroatoms. The lowest BCUT2D eigenvalue weighted by molar-refractivity contribution is 0.0920. The molecule has 1 aliphatic heterocycles. The first-order valence-corrected chi connectivity index (χ1v) is 8.88. The SMILES string of the molecule is CC(C)(C)NC(=O)c1ccccc1NC(=O)N1CCc2ccccc2C1. The molecule has 0 bridgehead atoms. The Morgan fingerprint density at radius 1 is 0.962 bits per heavy atom. The maximum absolute atomic E-state index is 12.7. The molecular formula is C21H25N3O2. The topological polar surface area (TPSA) is 61.4 Å². The van der Waals surface area contributed by atoms with Crippen LogP contribution in [0.2, 0.25) is 0 Å². The van der Waals surface area contributed by atoms with Crippen molar-refractivity contribution in [2.75, 3.05) is 11.9 Å². The zero-order chi connectivity index (χ0) is 18.7. The van der Waals surface area contributed by atoms with Crippen molar-refractivity contribution in [3.8, 4) is 0 Å². The summed E-state index contributed by atoms with van der Waals surface area (Å²) in [6, 6.07) is 15.1. The van der Waals surface area contributed by atoms with Crippen LogP contribution < -0.4 is 10.6 Å². The molecule has 0 spiro atoms. The van der Waals surface area contributed by atoms with Crippen LogP contribution in [0.5, 0.6) is 0 Å². The van der Waals surface area contributed by atoms with Crippen molar-refractivity contribution >= 4 is 17.6 Å². The highest BCUT2D eigenvalue weighted by Crippen LogP contribution is 2.21. The van der Waals surface area contributed by atoms with Gasteiger partial charge in [0.05, 0.1) is 11.3 Å². The zero-order valence-corrected chi connectivity index (χ0v) is 15.5. The normalized spacial score (nSPS) is 13.7. The van der Waals surface area contributed by atoms with Crippen LogP contribution in [0.1, 0.15) is 42.3 Å². The predicted molar refractivity (Wildman–Crippen MR) is 103 cm³/mol. The Kier molecular flexibility index (Phi) is 4.98. The number of nitrogens with one attached hydrogen (secondary N) is 2. The van der Waals surface area contributed by atoms with Crippen LogP contribution in [0, 0.1) is 0 Å². The molecule has 0 atom stereocenters. The smallest absolute Gasteiger partial charge is 0.322 e. The molecule has 2 aromatic rings. The van der Waals surface area contributed by atoms with Gasteiger partial charge >= 0.3 is 6.03 Å². The van der Waals surface area contributed by atoms with E-state index >= 15 is 0 Å². The van der Waals surface area contributed by atoms with E-state index in [1.165, 1.54) is 11.1 Å². The highest BCUT2D eigenvalue weighted by molar-refractivity contribution is 6.03. The molecule has 5 nitrogen and oxygen atoms in total. The quantitative estimate of drug-likeness (QED) is 0.864. The lowest BCUT2D eigenvalue weighted by Crippen LogP contribution is -2.42. The summed E-state index contributed by atoms with van der Waals surface area (Å²) in [4.78, 5) is 27.0. The number of hydrogen-bond donors (Lipinski definition) is 2. The molecule has 3 rings (SSSR count). The summed E-state index contributed by atoms with van der Waals surface area (Å²) in [7, 11) is 0. The first-order valence-electron chi connectivity index (χ1n) is 8.88. The number of rotatable bonds is 2. The van der Waals surface area contributed by atoms with Gasteiger partial charge in [-0.1, -0.05) is 36.4 Å². The summed E-state index contributed by atoms with van der Waals surface area (Å²) in [5.74, 6) is -0.197. The maximum atomic E-state index is 12.7. The van der Waals surface area contributed by atoms with Crippen molar-refractivity contribution in [2.45, 2.75) is 39.3 Å². The molecule has 0 radical (unpaired) electrons. The van der Waals surface area contributed by atoms with Crippen molar-refractivity contribution in [2.24, 2.45) is 0 Å². The Balaban J connectivity index is 1.73. The van der Waals surface area contributed by atoms with Gasteiger partial charge in [-0.25, -0.2) is 4.79 Å². The fourth-order valence-electron chi connectivity index (χ4n) is 3.06. The molecule has 0 fully saturated rings. The third kappa shape index (κ3) is 4.23. The lowest BCUT2D eigenvalue weighted by Gasteiger charge is -2.29. The second kappa shape index (κ2) is 7.20. The summed E-state index contributed by atoms with van der Waals surface area (Å²) in [5.41, 5.74) is 3.12. The number of anilines is 1. The Hall–Kier alpha value is -2.82. The van der Waals surface area contributed by atoms with Crippen LogP contribution in [-0.2, 0) is 13.0 Å². The highest BCUT2D eigenvalue weighted by Gasteiger charge is 2.23. The molecule has 3 amide bonds. The summed E-state index contributed by atoms with van der Waals surface area (Å²) in [6.07, 6.45) is 0.843. The minimum Gasteiger partial charge on any atom is -0.347 e. The van der Waals surface area contributed by atoms with Gasteiger partial charge in [0.1, 0.15) is 0 Å². The van der Waals surface area contributed by atoms with Crippen LogP contribution in [0.4, 0.5) is 10.5 Å². The molecule has 136 valence electrons. The number of nitrogens with zero attached hydrogens (tertiary/aromatic N) is 1. The number of fused-ring (bicyclic) bond motifs is 1. The van der Waals surface area contributed by atoms with Crippen LogP contribution in [0.15, 0.2) is 48.5 Å². The minimum atomic E-state index is -0.342. The number of carbonyl (C=O) groups excluding carboxylic acids is 2. The van der Waals surface area contributed by atoms with E-state index in [1.54, 1.807) is 23.1 Å². The number of carbonyl (C=O) groups is 2. The van der Waals surface area contributed by atoms with Crippen molar-refractivity contribution in [3.05, 3.63) is 65.2 Å². The molecular weight excluding hydrogens is 326 g/mol. The Bertz CT molecular complexity index is 824. The van der Waals surface area contributed by atoms with Gasteiger partial charge in [-0.2, -0.15) is 0 Å². The van der Waals surface area contributed by atoms with E-state index in [0.717, 1.165) is 6.42 Å². The molecule has 0 saturated carbocycles. The lowest BCUT2D eigenvalue weighted by atomic mass is 10.0. The Labute approximate surface area is 154 Å². The fourth-order valence-corrected chi connectivity index (χ4v) is 3.06. The van der Waals surface area contributed by atoms with E-state index in [1.807, 2.05) is 39.0 Å². The van der Waals surface area contributed by atoms with Crippen LogP contribution in [-0.4, -0.2) is 28.9 Å². The van der Waals surface area contributed by atoms with Gasteiger partial charge in [0, 0.05) is 18.6 Å². The molecule has 2 aromatic carbocycles. The van der Waals surface area contributed by atoms with Gasteiger partial charge in [0.15, 0.2) is 0 Å². The molecule has 0 unspecified atom stereocenters. The van der Waals surface area contributed by atoms with Crippen LogP contribution in [0.3, 0.4) is 0 Å². The summed E-state index contributed by atoms with van der Waals surface area (Å²) >= 11 is 0. The predicted octanol–water partition coefficient (Wildman–Crippen LogP) is 3.81. The molecule has 26 heavy (non-hydrogen) atoms. The van der Waals surface area contributed by atoms with Crippen molar-refractivity contribution in [3.63, 3.8) is 0 Å². The fraction of sp³-hybridized carbons (Fsp3) is 0.333. The minimum absolute atomic E-state index is 0.185. The Morgan fingerprint density at radius 2 is 1.62 bits per heavy atom. The van der Waals surface area contributed by atoms with Gasteiger partial charge in [-0.3, -0.25) is 4.79 Å². The number of hydrogen-bond acceptors (Lipinski definition) is 2. The molecule has 0 aromatic heterocycles. The summed E-state index contributed by atoms with van der Waals surface area (Å²) < 4.78 is 0. The summed E-state index contributed by atoms with van der Waals surface area (Å²) in [5, 5.41) is 5.84. The van der Waals surface area contributed by atoms with Gasteiger partial charge in [0.25, 0.3) is 5.91 Å². The molecule has 0 aliphatic carbocycles. The largest absolute Gasteiger partial charge is 0.347 e. The van der Waals surface area contributed by atoms with E-state index in [9.17, 15) is 9.59 Å². The standard InChI is InChI=1S/C21H25N3O2/c1-21(2,3)23-19(25)17-10-6-7-11-18(17)22-20(26)24-13-12-15-8-4-5-9-16(15)14-24/h4-11H,12-14H2,1-3H3,(H,22,26)(H,23,25). The number of para-hydroxylation sites is 1. The van der Waals surface area contributed by atoms with E-state index in [2.05, 4.69) is 22.8 Å². The zero-order valence-electron chi connectivity index (χ0n) is 15.5. The highest BCUT2D eigenvalue weighted by atomic mass is 16.2. The number of urea groups is 1. The van der Waals surface area contributed by atoms with Gasteiger partial charge in [0.2, 0.25) is 0 Å². The molecule has 1 aliphatic rings. The van der Waals surface area contributed by atoms with E-state index < -0.39 is 0 Å². The van der Waals surface area contributed by atoms with Crippen molar-refractivity contribution in [1.29, 1.82) is 0 Å². The molecule has 2 N–H and O–H groups in total. The number of amides is 3. The second-order valence-corrected chi connectivity index (χ2v) is 7.62. The first-order chi connectivity index (χ1) is 12.3. The first kappa shape index (κ1) is 18.0. The van der Waals surface area contributed by atoms with Gasteiger partial charge in [-0.15, -0.1) is 0 Å². The maximum Gasteiger partial charge on any atom is 0.322 e. The number of benzene rings is 2. The van der Waals surface area contributed by atoms with Crippen molar-refractivity contribution < 1.29 is 9.59 Å². The van der Waals surface area contributed by atoms with Gasteiger partial charge in [-0.05, 0) is 50.5 Å². The van der Waals surface area contributed by atoms with Crippen LogP contribution >= 0.6 is 0 Å². The van der Waals surface area contributed by atoms with Gasteiger partial charge < -0.3 is 15.5 Å². The third-order valence-corrected chi connectivity index (χ3v) is 4.32.